The van der Waals surface area contributed by atoms with E-state index in [1.807, 2.05) is 53.2 Å². The molecule has 0 unspecified atom stereocenters. The van der Waals surface area contributed by atoms with Crippen LogP contribution in [0, 0.1) is 0 Å². The molecule has 1 saturated heterocycles. The number of pyridine rings is 1. The van der Waals surface area contributed by atoms with Gasteiger partial charge in [0.25, 0.3) is 5.91 Å². The first-order chi connectivity index (χ1) is 14.1. The summed E-state index contributed by atoms with van der Waals surface area (Å²) in [7, 11) is 0. The lowest BCUT2D eigenvalue weighted by molar-refractivity contribution is 0.102. The fourth-order valence-electron chi connectivity index (χ4n) is 3.34. The SMILES string of the molecule is CC(C)c1cc(C(=O)Nc2ccc(N3CCOCC3)cn2)nn1-c1ccccc1. The average molecular weight is 391 g/mol. The standard InChI is InChI=1S/C22H25N5O2/c1-16(2)20-14-19(25-27(20)17-6-4-3-5-7-17)22(28)24-21-9-8-18(15-23-21)26-10-12-29-13-11-26/h3-9,14-16H,10-13H2,1-2H3,(H,23,24,28). The van der Waals surface area contributed by atoms with E-state index in [0.29, 0.717) is 11.5 Å². The largest absolute Gasteiger partial charge is 0.378 e. The highest BCUT2D eigenvalue weighted by Gasteiger charge is 2.18. The van der Waals surface area contributed by atoms with Crippen molar-refractivity contribution in [1.29, 1.82) is 0 Å². The Balaban J connectivity index is 1.51. The number of ether oxygens (including phenoxy) is 1. The number of rotatable bonds is 5. The number of para-hydroxylation sites is 1. The van der Waals surface area contributed by atoms with Gasteiger partial charge in [-0.25, -0.2) is 9.67 Å². The minimum Gasteiger partial charge on any atom is -0.378 e. The minimum absolute atomic E-state index is 0.232. The first kappa shape index (κ1) is 19.1. The van der Waals surface area contributed by atoms with Crippen molar-refractivity contribution in [3.05, 3.63) is 66.1 Å². The Bertz CT molecular complexity index is 961. The van der Waals surface area contributed by atoms with E-state index in [0.717, 1.165) is 43.4 Å². The topological polar surface area (TPSA) is 72.3 Å². The molecule has 1 aliphatic heterocycles. The molecule has 29 heavy (non-hydrogen) atoms. The Morgan fingerprint density at radius 1 is 1.07 bits per heavy atom. The molecule has 0 spiro atoms. The summed E-state index contributed by atoms with van der Waals surface area (Å²) < 4.78 is 7.21. The Hall–Kier alpha value is -3.19. The molecule has 7 nitrogen and oxygen atoms in total. The fourth-order valence-corrected chi connectivity index (χ4v) is 3.34. The van der Waals surface area contributed by atoms with Crippen LogP contribution in [0.5, 0.6) is 0 Å². The highest BCUT2D eigenvalue weighted by atomic mass is 16.5. The van der Waals surface area contributed by atoms with E-state index in [2.05, 4.69) is 34.1 Å². The van der Waals surface area contributed by atoms with Gasteiger partial charge in [0.05, 0.1) is 30.8 Å². The zero-order valence-electron chi connectivity index (χ0n) is 16.7. The Labute approximate surface area is 170 Å². The van der Waals surface area contributed by atoms with Crippen molar-refractivity contribution in [3.8, 4) is 5.69 Å². The van der Waals surface area contributed by atoms with E-state index in [9.17, 15) is 4.79 Å². The second kappa shape index (κ2) is 8.45. The van der Waals surface area contributed by atoms with Crippen LogP contribution in [0.25, 0.3) is 5.69 Å². The van der Waals surface area contributed by atoms with Gasteiger partial charge in [-0.2, -0.15) is 5.10 Å². The number of aromatic nitrogens is 3. The Morgan fingerprint density at radius 3 is 2.48 bits per heavy atom. The molecule has 3 aromatic rings. The lowest BCUT2D eigenvalue weighted by atomic mass is 10.1. The molecule has 150 valence electrons. The first-order valence-corrected chi connectivity index (χ1v) is 9.87. The second-order valence-corrected chi connectivity index (χ2v) is 7.31. The molecule has 1 fully saturated rings. The molecule has 4 rings (SSSR count). The molecule has 0 radical (unpaired) electrons. The third-order valence-corrected chi connectivity index (χ3v) is 4.93. The number of morpholine rings is 1. The summed E-state index contributed by atoms with van der Waals surface area (Å²) in [5.41, 5.74) is 3.32. The number of nitrogens with zero attached hydrogens (tertiary/aromatic N) is 4. The summed E-state index contributed by atoms with van der Waals surface area (Å²) in [6.07, 6.45) is 1.78. The molecule has 0 bridgehead atoms. The Kier molecular flexibility index (Phi) is 5.57. The highest BCUT2D eigenvalue weighted by Crippen LogP contribution is 2.21. The van der Waals surface area contributed by atoms with Crippen molar-refractivity contribution in [2.45, 2.75) is 19.8 Å². The average Bonchev–Trinajstić information content (AvgIpc) is 3.22. The van der Waals surface area contributed by atoms with Gasteiger partial charge in [-0.1, -0.05) is 32.0 Å². The molecule has 1 N–H and O–H groups in total. The maximum atomic E-state index is 12.8. The number of nitrogens with one attached hydrogen (secondary N) is 1. The third-order valence-electron chi connectivity index (χ3n) is 4.93. The zero-order valence-corrected chi connectivity index (χ0v) is 16.7. The Morgan fingerprint density at radius 2 is 1.83 bits per heavy atom. The first-order valence-electron chi connectivity index (χ1n) is 9.87. The molecule has 3 heterocycles. The van der Waals surface area contributed by atoms with E-state index in [4.69, 9.17) is 4.74 Å². The summed E-state index contributed by atoms with van der Waals surface area (Å²) in [5, 5.41) is 7.39. The van der Waals surface area contributed by atoms with Crippen LogP contribution in [0.4, 0.5) is 11.5 Å². The molecule has 0 atom stereocenters. The minimum atomic E-state index is -0.270. The highest BCUT2D eigenvalue weighted by molar-refractivity contribution is 6.02. The smallest absolute Gasteiger partial charge is 0.277 e. The summed E-state index contributed by atoms with van der Waals surface area (Å²) in [4.78, 5) is 19.4. The van der Waals surface area contributed by atoms with Crippen LogP contribution in [-0.4, -0.2) is 47.0 Å². The number of carbonyl (C=O) groups is 1. The van der Waals surface area contributed by atoms with Crippen molar-refractivity contribution in [2.24, 2.45) is 0 Å². The lowest BCUT2D eigenvalue weighted by Crippen LogP contribution is -2.36. The van der Waals surface area contributed by atoms with Crippen molar-refractivity contribution >= 4 is 17.4 Å². The second-order valence-electron chi connectivity index (χ2n) is 7.31. The van der Waals surface area contributed by atoms with E-state index in [1.54, 1.807) is 6.20 Å². The van der Waals surface area contributed by atoms with Crippen LogP contribution in [0.1, 0.15) is 35.9 Å². The van der Waals surface area contributed by atoms with Crippen LogP contribution in [0.2, 0.25) is 0 Å². The zero-order chi connectivity index (χ0) is 20.2. The number of benzene rings is 1. The molecule has 1 amide bonds. The van der Waals surface area contributed by atoms with Gasteiger partial charge in [0.1, 0.15) is 5.82 Å². The van der Waals surface area contributed by atoms with Crippen LogP contribution in [-0.2, 0) is 4.74 Å². The van der Waals surface area contributed by atoms with Gasteiger partial charge in [0, 0.05) is 18.8 Å². The number of hydrogen-bond acceptors (Lipinski definition) is 5. The fraction of sp³-hybridized carbons (Fsp3) is 0.318. The lowest BCUT2D eigenvalue weighted by Gasteiger charge is -2.28. The third kappa shape index (κ3) is 4.30. The number of carbonyl (C=O) groups excluding carboxylic acids is 1. The number of amides is 1. The van der Waals surface area contributed by atoms with Gasteiger partial charge in [-0.05, 0) is 36.2 Å². The molecular formula is C22H25N5O2. The molecule has 0 saturated carbocycles. The predicted molar refractivity (Wildman–Crippen MR) is 113 cm³/mol. The van der Waals surface area contributed by atoms with E-state index in [-0.39, 0.29) is 11.8 Å². The molecule has 1 aliphatic rings. The normalized spacial score (nSPS) is 14.2. The van der Waals surface area contributed by atoms with Crippen molar-refractivity contribution < 1.29 is 9.53 Å². The van der Waals surface area contributed by atoms with Gasteiger partial charge in [-0.15, -0.1) is 0 Å². The van der Waals surface area contributed by atoms with E-state index in [1.165, 1.54) is 0 Å². The van der Waals surface area contributed by atoms with Gasteiger partial charge >= 0.3 is 0 Å². The monoisotopic (exact) mass is 391 g/mol. The van der Waals surface area contributed by atoms with Gasteiger partial charge < -0.3 is 15.0 Å². The van der Waals surface area contributed by atoms with E-state index >= 15 is 0 Å². The summed E-state index contributed by atoms with van der Waals surface area (Å²) in [6, 6.07) is 15.5. The molecule has 2 aromatic heterocycles. The summed E-state index contributed by atoms with van der Waals surface area (Å²) in [5.74, 6) is 0.468. The molecule has 1 aromatic carbocycles. The van der Waals surface area contributed by atoms with Crippen molar-refractivity contribution in [1.82, 2.24) is 14.8 Å². The van der Waals surface area contributed by atoms with Crippen LogP contribution in [0.3, 0.4) is 0 Å². The number of hydrogen-bond donors (Lipinski definition) is 1. The van der Waals surface area contributed by atoms with Gasteiger partial charge in [0.2, 0.25) is 0 Å². The molecular weight excluding hydrogens is 366 g/mol. The predicted octanol–water partition coefficient (Wildman–Crippen LogP) is 3.48. The van der Waals surface area contributed by atoms with Gasteiger partial charge in [0.15, 0.2) is 5.69 Å². The van der Waals surface area contributed by atoms with Gasteiger partial charge in [-0.3, -0.25) is 4.79 Å². The van der Waals surface area contributed by atoms with Crippen LogP contribution >= 0.6 is 0 Å². The maximum Gasteiger partial charge on any atom is 0.277 e. The number of anilines is 2. The molecule has 0 aliphatic carbocycles. The quantitative estimate of drug-likeness (QED) is 0.721. The maximum absolute atomic E-state index is 12.8. The van der Waals surface area contributed by atoms with Crippen LogP contribution < -0.4 is 10.2 Å². The van der Waals surface area contributed by atoms with Crippen molar-refractivity contribution in [2.75, 3.05) is 36.5 Å². The van der Waals surface area contributed by atoms with E-state index < -0.39 is 0 Å². The van der Waals surface area contributed by atoms with Crippen molar-refractivity contribution in [3.63, 3.8) is 0 Å². The summed E-state index contributed by atoms with van der Waals surface area (Å²) in [6.45, 7) is 7.32. The molecule has 7 heteroatoms. The van der Waals surface area contributed by atoms with Crippen LogP contribution in [0.15, 0.2) is 54.7 Å². The summed E-state index contributed by atoms with van der Waals surface area (Å²) >= 11 is 0.